The summed E-state index contributed by atoms with van der Waals surface area (Å²) in [6.45, 7) is 11.1. The highest BCUT2D eigenvalue weighted by molar-refractivity contribution is 6.07. The summed E-state index contributed by atoms with van der Waals surface area (Å²) in [6.07, 6.45) is 2.96. The molecule has 0 radical (unpaired) electrons. The van der Waals surface area contributed by atoms with Gasteiger partial charge in [0.2, 0.25) is 11.8 Å². The molecule has 2 aromatic carbocycles. The molecule has 42 heavy (non-hydrogen) atoms. The molecule has 0 saturated carbocycles. The summed E-state index contributed by atoms with van der Waals surface area (Å²) < 4.78 is 11.3. The lowest BCUT2D eigenvalue weighted by Crippen LogP contribution is -2.57. The van der Waals surface area contributed by atoms with Crippen LogP contribution in [0.2, 0.25) is 0 Å². The molecule has 0 spiro atoms. The number of rotatable bonds is 18. The third-order valence-electron chi connectivity index (χ3n) is 7.07. The van der Waals surface area contributed by atoms with Gasteiger partial charge < -0.3 is 20.1 Å². The zero-order chi connectivity index (χ0) is 31.1. The van der Waals surface area contributed by atoms with Gasteiger partial charge in [-0.05, 0) is 43.2 Å². The predicted molar refractivity (Wildman–Crippen MR) is 163 cm³/mol. The van der Waals surface area contributed by atoms with Crippen molar-refractivity contribution in [2.45, 2.75) is 92.5 Å². The Hall–Kier alpha value is -3.52. The Balaban J connectivity index is 2.09. The van der Waals surface area contributed by atoms with E-state index in [1.807, 2.05) is 60.7 Å². The van der Waals surface area contributed by atoms with Crippen LogP contribution in [0.15, 0.2) is 60.7 Å². The van der Waals surface area contributed by atoms with Crippen molar-refractivity contribution in [3.63, 3.8) is 0 Å². The Morgan fingerprint density at radius 2 is 1.36 bits per heavy atom. The molecule has 0 aliphatic heterocycles. The van der Waals surface area contributed by atoms with Gasteiger partial charge in [0, 0.05) is 6.42 Å². The maximum absolute atomic E-state index is 13.6. The third-order valence-corrected chi connectivity index (χ3v) is 7.07. The van der Waals surface area contributed by atoms with Crippen molar-refractivity contribution in [2.75, 3.05) is 6.61 Å². The molecular weight excluding hydrogens is 532 g/mol. The van der Waals surface area contributed by atoms with E-state index < -0.39 is 35.2 Å². The highest BCUT2D eigenvalue weighted by Gasteiger charge is 2.43. The molecule has 0 fully saturated rings. The van der Waals surface area contributed by atoms with Gasteiger partial charge >= 0.3 is 5.97 Å². The molecule has 0 heterocycles. The van der Waals surface area contributed by atoms with Crippen molar-refractivity contribution < 1.29 is 28.7 Å². The minimum Gasteiger partial charge on any atom is -0.460 e. The first kappa shape index (κ1) is 34.7. The van der Waals surface area contributed by atoms with Crippen LogP contribution in [-0.2, 0) is 41.9 Å². The van der Waals surface area contributed by atoms with Crippen molar-refractivity contribution in [1.82, 2.24) is 10.6 Å². The maximum atomic E-state index is 13.6. The van der Waals surface area contributed by atoms with Crippen molar-refractivity contribution in [3.05, 3.63) is 71.8 Å². The number of amides is 2. The van der Waals surface area contributed by atoms with Crippen LogP contribution >= 0.6 is 0 Å². The predicted octanol–water partition coefficient (Wildman–Crippen LogP) is 5.38. The lowest BCUT2D eigenvalue weighted by atomic mass is 9.80. The summed E-state index contributed by atoms with van der Waals surface area (Å²) in [4.78, 5) is 52.9. The van der Waals surface area contributed by atoms with E-state index >= 15 is 0 Å². The number of esters is 1. The second-order valence-electron chi connectivity index (χ2n) is 12.0. The largest absolute Gasteiger partial charge is 0.460 e. The van der Waals surface area contributed by atoms with E-state index in [0.717, 1.165) is 30.4 Å². The SMILES string of the molecule is CC(C)CCCCC(=O)N[C@@H](COCc1ccccc1)C(=O)N[C@H](C(=O)C(C)(C)C(=O)OCc1ccccc1)C(C)C. The van der Waals surface area contributed by atoms with Crippen molar-refractivity contribution in [1.29, 1.82) is 0 Å². The standard InChI is InChI=1S/C34H48N2O6/c1-24(2)15-13-14-20-29(37)35-28(23-41-21-26-16-9-7-10-17-26)32(39)36-30(25(3)4)31(38)34(5,6)33(40)42-22-27-18-11-8-12-19-27/h7-12,16-19,24-25,28,30H,13-15,20-23H2,1-6H3,(H,35,37)(H,36,39)/t28-,30-/m0/s1. The Bertz CT molecular complexity index is 1130. The van der Waals surface area contributed by atoms with Crippen LogP contribution in [-0.4, -0.2) is 42.3 Å². The molecule has 8 heteroatoms. The molecule has 0 unspecified atom stereocenters. The maximum Gasteiger partial charge on any atom is 0.319 e. The average Bonchev–Trinajstić information content (AvgIpc) is 2.96. The van der Waals surface area contributed by atoms with Gasteiger partial charge in [0.15, 0.2) is 5.78 Å². The van der Waals surface area contributed by atoms with E-state index in [4.69, 9.17) is 9.47 Å². The van der Waals surface area contributed by atoms with Crippen LogP contribution in [0, 0.1) is 17.3 Å². The number of hydrogen-bond acceptors (Lipinski definition) is 6. The highest BCUT2D eigenvalue weighted by atomic mass is 16.5. The summed E-state index contributed by atoms with van der Waals surface area (Å²) in [7, 11) is 0. The molecule has 0 aliphatic rings. The molecule has 2 rings (SSSR count). The smallest absolute Gasteiger partial charge is 0.319 e. The fraction of sp³-hybridized carbons (Fsp3) is 0.529. The van der Waals surface area contributed by atoms with Crippen LogP contribution in [0.3, 0.4) is 0 Å². The number of ether oxygens (including phenoxy) is 2. The Labute approximate surface area is 250 Å². The molecule has 0 aromatic heterocycles. The number of unbranched alkanes of at least 4 members (excludes halogenated alkanes) is 1. The van der Waals surface area contributed by atoms with Gasteiger partial charge in [-0.2, -0.15) is 0 Å². The molecule has 0 saturated heterocycles. The number of carbonyl (C=O) groups excluding carboxylic acids is 4. The van der Waals surface area contributed by atoms with E-state index in [0.29, 0.717) is 12.3 Å². The van der Waals surface area contributed by atoms with Gasteiger partial charge in [-0.15, -0.1) is 0 Å². The number of Topliss-reactive ketones (excluding diaryl/α,β-unsaturated/α-hetero) is 1. The summed E-state index contributed by atoms with van der Waals surface area (Å²) in [5, 5.41) is 5.59. The second kappa shape index (κ2) is 17.4. The van der Waals surface area contributed by atoms with E-state index in [-0.39, 0.29) is 31.6 Å². The molecule has 0 aliphatic carbocycles. The monoisotopic (exact) mass is 580 g/mol. The normalized spacial score (nSPS) is 13.0. The average molecular weight is 581 g/mol. The number of nitrogens with one attached hydrogen (secondary N) is 2. The molecule has 230 valence electrons. The molecule has 2 N–H and O–H groups in total. The zero-order valence-electron chi connectivity index (χ0n) is 26.0. The molecule has 8 nitrogen and oxygen atoms in total. The number of ketones is 1. The van der Waals surface area contributed by atoms with Gasteiger partial charge in [0.05, 0.1) is 19.3 Å². The molecular formula is C34H48N2O6. The lowest BCUT2D eigenvalue weighted by Gasteiger charge is -2.30. The van der Waals surface area contributed by atoms with Gasteiger partial charge in [-0.3, -0.25) is 19.2 Å². The summed E-state index contributed by atoms with van der Waals surface area (Å²) in [5.41, 5.74) is 0.236. The van der Waals surface area contributed by atoms with Crippen LogP contribution < -0.4 is 10.6 Å². The molecule has 0 bridgehead atoms. The quantitative estimate of drug-likeness (QED) is 0.139. The fourth-order valence-electron chi connectivity index (χ4n) is 4.34. The van der Waals surface area contributed by atoms with E-state index in [1.165, 1.54) is 13.8 Å². The van der Waals surface area contributed by atoms with E-state index in [9.17, 15) is 19.2 Å². The first-order valence-corrected chi connectivity index (χ1v) is 14.9. The summed E-state index contributed by atoms with van der Waals surface area (Å²) in [6, 6.07) is 16.7. The van der Waals surface area contributed by atoms with Crippen LogP contribution in [0.5, 0.6) is 0 Å². The number of benzene rings is 2. The highest BCUT2D eigenvalue weighted by Crippen LogP contribution is 2.24. The van der Waals surface area contributed by atoms with E-state index in [2.05, 4.69) is 24.5 Å². The van der Waals surface area contributed by atoms with Crippen LogP contribution in [0.25, 0.3) is 0 Å². The van der Waals surface area contributed by atoms with Gasteiger partial charge in [0.25, 0.3) is 0 Å². The van der Waals surface area contributed by atoms with Gasteiger partial charge in [-0.25, -0.2) is 0 Å². The fourth-order valence-corrected chi connectivity index (χ4v) is 4.34. The minimum atomic E-state index is -1.50. The van der Waals surface area contributed by atoms with Gasteiger partial charge in [-0.1, -0.05) is 101 Å². The Morgan fingerprint density at radius 1 is 0.786 bits per heavy atom. The molecule has 2 atom stereocenters. The zero-order valence-corrected chi connectivity index (χ0v) is 26.0. The molecule has 2 aromatic rings. The summed E-state index contributed by atoms with van der Waals surface area (Å²) in [5.74, 6) is -1.69. The summed E-state index contributed by atoms with van der Waals surface area (Å²) >= 11 is 0. The minimum absolute atomic E-state index is 0.0408. The van der Waals surface area contributed by atoms with Crippen molar-refractivity contribution in [2.24, 2.45) is 17.3 Å². The third kappa shape index (κ3) is 11.8. The van der Waals surface area contributed by atoms with Gasteiger partial charge in [0.1, 0.15) is 18.1 Å². The first-order valence-electron chi connectivity index (χ1n) is 14.9. The number of carbonyl (C=O) groups is 4. The van der Waals surface area contributed by atoms with Crippen molar-refractivity contribution in [3.8, 4) is 0 Å². The van der Waals surface area contributed by atoms with Crippen LogP contribution in [0.4, 0.5) is 0 Å². The molecule has 2 amide bonds. The van der Waals surface area contributed by atoms with E-state index in [1.54, 1.807) is 13.8 Å². The van der Waals surface area contributed by atoms with Crippen LogP contribution in [0.1, 0.15) is 78.4 Å². The Morgan fingerprint density at radius 3 is 1.90 bits per heavy atom. The lowest BCUT2D eigenvalue weighted by molar-refractivity contribution is -0.161. The topological polar surface area (TPSA) is 111 Å². The van der Waals surface area contributed by atoms with Crippen molar-refractivity contribution >= 4 is 23.6 Å². The Kier molecular flexibility index (Phi) is 14.4. The second-order valence-corrected chi connectivity index (χ2v) is 12.0. The first-order chi connectivity index (χ1) is 19.9. The number of hydrogen-bond donors (Lipinski definition) is 2.